The summed E-state index contributed by atoms with van der Waals surface area (Å²) in [5, 5.41) is 11.7. The predicted molar refractivity (Wildman–Crippen MR) is 60.2 cm³/mol. The first-order chi connectivity index (χ1) is 7.25. The van der Waals surface area contributed by atoms with E-state index < -0.39 is 5.97 Å². The van der Waals surface area contributed by atoms with Crippen LogP contribution in [0.5, 0.6) is 0 Å². The van der Waals surface area contributed by atoms with Gasteiger partial charge in [-0.15, -0.1) is 0 Å². The average Bonchev–Trinajstić information content (AvgIpc) is 2.25. The second-order valence-electron chi connectivity index (χ2n) is 2.64. The fourth-order valence-electron chi connectivity index (χ4n) is 0.961. The molecule has 0 saturated heterocycles. The molecule has 0 amide bonds. The third-order valence-corrected chi connectivity index (χ3v) is 1.97. The van der Waals surface area contributed by atoms with Crippen molar-refractivity contribution in [2.75, 3.05) is 11.9 Å². The number of anilines is 1. The lowest BCUT2D eigenvalue weighted by Gasteiger charge is -2.05. The maximum Gasteiger partial charge on any atom is 0.358 e. The van der Waals surface area contributed by atoms with E-state index >= 15 is 0 Å². The Kier molecular flexibility index (Phi) is 4.76. The van der Waals surface area contributed by atoms with E-state index in [2.05, 4.69) is 31.2 Å². The summed E-state index contributed by atoms with van der Waals surface area (Å²) in [7, 11) is 0. The van der Waals surface area contributed by atoms with Crippen LogP contribution in [0.25, 0.3) is 0 Å². The van der Waals surface area contributed by atoms with Gasteiger partial charge in [0, 0.05) is 18.9 Å². The summed E-state index contributed by atoms with van der Waals surface area (Å²) in [6.45, 7) is 0.612. The zero-order chi connectivity index (χ0) is 11.1. The Morgan fingerprint density at radius 2 is 2.27 bits per heavy atom. The van der Waals surface area contributed by atoms with Gasteiger partial charge in [0.1, 0.15) is 0 Å². The topological polar surface area (TPSA) is 75.1 Å². The van der Waals surface area contributed by atoms with Crippen LogP contribution in [0.1, 0.15) is 16.9 Å². The molecular formula is C9H10BrN3O2. The highest BCUT2D eigenvalue weighted by atomic mass is 79.9. The van der Waals surface area contributed by atoms with Crippen molar-refractivity contribution in [2.45, 2.75) is 6.42 Å². The van der Waals surface area contributed by atoms with Crippen molar-refractivity contribution in [3.63, 3.8) is 0 Å². The number of carboxylic acids is 1. The monoisotopic (exact) mass is 271 g/mol. The van der Waals surface area contributed by atoms with Gasteiger partial charge in [-0.25, -0.2) is 14.8 Å². The smallest absolute Gasteiger partial charge is 0.358 e. The maximum atomic E-state index is 10.7. The van der Waals surface area contributed by atoms with Crippen molar-refractivity contribution in [3.8, 4) is 0 Å². The minimum absolute atomic E-state index is 0.0553. The van der Waals surface area contributed by atoms with Crippen molar-refractivity contribution in [1.82, 2.24) is 9.97 Å². The van der Waals surface area contributed by atoms with Crippen LogP contribution >= 0.6 is 15.9 Å². The Bertz CT molecular complexity index is 368. The zero-order valence-corrected chi connectivity index (χ0v) is 9.44. The van der Waals surface area contributed by atoms with Gasteiger partial charge < -0.3 is 10.4 Å². The van der Waals surface area contributed by atoms with Gasteiger partial charge in [0.15, 0.2) is 11.5 Å². The number of nitrogens with one attached hydrogen (secondary N) is 1. The number of carbonyl (C=O) groups is 1. The molecule has 0 fully saturated rings. The number of nitrogens with zero attached hydrogens (tertiary/aromatic N) is 2. The number of halogens is 1. The second kappa shape index (κ2) is 6.13. The molecule has 0 bridgehead atoms. The molecule has 0 spiro atoms. The molecule has 80 valence electrons. The van der Waals surface area contributed by atoms with Crippen molar-refractivity contribution in [1.29, 1.82) is 0 Å². The van der Waals surface area contributed by atoms with Crippen LogP contribution in [0.3, 0.4) is 0 Å². The van der Waals surface area contributed by atoms with E-state index in [1.54, 1.807) is 4.99 Å². The molecule has 0 aliphatic carbocycles. The van der Waals surface area contributed by atoms with Gasteiger partial charge in [-0.05, 0) is 11.4 Å². The number of aromatic carboxylic acids is 1. The van der Waals surface area contributed by atoms with E-state index in [4.69, 9.17) is 5.11 Å². The van der Waals surface area contributed by atoms with Crippen LogP contribution in [-0.2, 0) is 0 Å². The Morgan fingerprint density at radius 3 is 2.93 bits per heavy atom. The third-order valence-electron chi connectivity index (χ3n) is 1.59. The number of hydrogen-bond donors (Lipinski definition) is 2. The first-order valence-corrected chi connectivity index (χ1v) is 5.20. The fraction of sp³-hybridized carbons (Fsp3) is 0.222. The van der Waals surface area contributed by atoms with E-state index in [0.29, 0.717) is 12.4 Å². The van der Waals surface area contributed by atoms with E-state index in [9.17, 15) is 4.79 Å². The van der Waals surface area contributed by atoms with Gasteiger partial charge in [0.2, 0.25) is 0 Å². The van der Waals surface area contributed by atoms with Gasteiger partial charge in [-0.3, -0.25) is 0 Å². The first-order valence-electron chi connectivity index (χ1n) is 4.29. The van der Waals surface area contributed by atoms with Crippen LogP contribution in [0.2, 0.25) is 0 Å². The summed E-state index contributed by atoms with van der Waals surface area (Å²) < 4.78 is 0. The molecule has 0 aliphatic rings. The number of hydrogen-bond acceptors (Lipinski definition) is 4. The van der Waals surface area contributed by atoms with Crippen LogP contribution in [0.15, 0.2) is 23.5 Å². The molecule has 0 saturated carbocycles. The summed E-state index contributed by atoms with van der Waals surface area (Å²) in [6, 6.07) is 0. The lowest BCUT2D eigenvalue weighted by atomic mass is 10.3. The van der Waals surface area contributed by atoms with E-state index in [1.807, 2.05) is 6.08 Å². The summed E-state index contributed by atoms with van der Waals surface area (Å²) in [6.07, 6.45) is 5.49. The Morgan fingerprint density at radius 1 is 1.53 bits per heavy atom. The Labute approximate surface area is 95.4 Å². The maximum absolute atomic E-state index is 10.7. The highest BCUT2D eigenvalue weighted by Crippen LogP contribution is 2.07. The molecule has 1 heterocycles. The Hall–Kier alpha value is -1.43. The van der Waals surface area contributed by atoms with Crippen molar-refractivity contribution in [3.05, 3.63) is 29.1 Å². The number of aromatic nitrogens is 2. The average molecular weight is 272 g/mol. The quantitative estimate of drug-likeness (QED) is 0.800. The molecule has 15 heavy (non-hydrogen) atoms. The van der Waals surface area contributed by atoms with Crippen LogP contribution in [0.4, 0.5) is 5.82 Å². The highest BCUT2D eigenvalue weighted by molar-refractivity contribution is 9.11. The van der Waals surface area contributed by atoms with E-state index in [0.717, 1.165) is 6.42 Å². The highest BCUT2D eigenvalue weighted by Gasteiger charge is 2.11. The summed E-state index contributed by atoms with van der Waals surface area (Å²) in [5.74, 6) is -0.783. The van der Waals surface area contributed by atoms with Crippen molar-refractivity contribution in [2.24, 2.45) is 0 Å². The lowest BCUT2D eigenvalue weighted by molar-refractivity contribution is 0.0691. The van der Waals surface area contributed by atoms with Crippen LogP contribution < -0.4 is 5.32 Å². The molecule has 1 rings (SSSR count). The van der Waals surface area contributed by atoms with E-state index in [-0.39, 0.29) is 5.69 Å². The Balaban J connectivity index is 2.63. The van der Waals surface area contributed by atoms with Crippen molar-refractivity contribution < 1.29 is 9.90 Å². The second-order valence-corrected chi connectivity index (χ2v) is 3.16. The normalized spacial score (nSPS) is 10.5. The molecule has 0 unspecified atom stereocenters. The summed E-state index contributed by atoms with van der Waals surface area (Å²) in [5.41, 5.74) is -0.0553. The van der Waals surface area contributed by atoms with Gasteiger partial charge in [-0.2, -0.15) is 0 Å². The molecule has 0 aliphatic heterocycles. The molecule has 0 aromatic carbocycles. The molecule has 1 aromatic heterocycles. The van der Waals surface area contributed by atoms with Crippen LogP contribution in [-0.4, -0.2) is 27.6 Å². The first kappa shape index (κ1) is 11.6. The van der Waals surface area contributed by atoms with Crippen molar-refractivity contribution >= 4 is 27.7 Å². The standard InChI is InChI=1S/C9H10BrN3O2/c10-3-1-2-4-12-8-7(9(14)15)11-5-6-13-8/h1,3,5-6H,2,4H2,(H,12,13)(H,14,15)/b3-1+. The van der Waals surface area contributed by atoms with Gasteiger partial charge >= 0.3 is 5.97 Å². The van der Waals surface area contributed by atoms with E-state index in [1.165, 1.54) is 12.4 Å². The molecule has 5 nitrogen and oxygen atoms in total. The zero-order valence-electron chi connectivity index (χ0n) is 7.85. The van der Waals surface area contributed by atoms with Crippen LogP contribution in [0, 0.1) is 0 Å². The molecule has 6 heteroatoms. The SMILES string of the molecule is O=C(O)c1nccnc1NCC/C=C/Br. The van der Waals surface area contributed by atoms with Gasteiger partial charge in [-0.1, -0.05) is 22.0 Å². The lowest BCUT2D eigenvalue weighted by Crippen LogP contribution is -2.10. The molecule has 0 atom stereocenters. The predicted octanol–water partition coefficient (Wildman–Crippen LogP) is 1.89. The molecular weight excluding hydrogens is 262 g/mol. The van der Waals surface area contributed by atoms with Gasteiger partial charge in [0.25, 0.3) is 0 Å². The number of rotatable bonds is 5. The molecule has 0 radical (unpaired) electrons. The minimum atomic E-state index is -1.08. The summed E-state index contributed by atoms with van der Waals surface area (Å²) >= 11 is 3.14. The van der Waals surface area contributed by atoms with Gasteiger partial charge in [0.05, 0.1) is 0 Å². The molecule has 2 N–H and O–H groups in total. The minimum Gasteiger partial charge on any atom is -0.476 e. The molecule has 1 aromatic rings. The third kappa shape index (κ3) is 3.67. The largest absolute Gasteiger partial charge is 0.476 e. The fourth-order valence-corrected chi connectivity index (χ4v) is 1.23. The summed E-state index contributed by atoms with van der Waals surface area (Å²) in [4.78, 5) is 20.1. The number of carboxylic acid groups (broad SMARTS) is 1.